The largest absolute Gasteiger partial charge is 0.343 e. The van der Waals surface area contributed by atoms with Crippen LogP contribution in [0.3, 0.4) is 0 Å². The van der Waals surface area contributed by atoms with Crippen LogP contribution in [0.5, 0.6) is 0 Å². The van der Waals surface area contributed by atoms with Gasteiger partial charge in [0.2, 0.25) is 5.91 Å². The first kappa shape index (κ1) is 16.8. The molecule has 1 atom stereocenters. The Labute approximate surface area is 130 Å². The molecule has 1 saturated carbocycles. The quantitative estimate of drug-likeness (QED) is 0.747. The molecule has 2 fully saturated rings. The van der Waals surface area contributed by atoms with Crippen molar-refractivity contribution in [2.75, 3.05) is 26.2 Å². The summed E-state index contributed by atoms with van der Waals surface area (Å²) in [6.45, 7) is 8.13. The van der Waals surface area contributed by atoms with Gasteiger partial charge < -0.3 is 10.6 Å². The van der Waals surface area contributed by atoms with Gasteiger partial charge in [0.25, 0.3) is 0 Å². The molecule has 0 spiro atoms. The van der Waals surface area contributed by atoms with Gasteiger partial charge in [0, 0.05) is 38.1 Å². The van der Waals surface area contributed by atoms with Crippen LogP contribution in [-0.2, 0) is 4.79 Å². The number of carbonyl (C=O) groups is 1. The number of piperidine rings is 1. The average molecular weight is 295 g/mol. The summed E-state index contributed by atoms with van der Waals surface area (Å²) < 4.78 is 0. The van der Waals surface area contributed by atoms with Gasteiger partial charge in [0.1, 0.15) is 0 Å². The zero-order valence-corrected chi connectivity index (χ0v) is 13.9. The minimum absolute atomic E-state index is 0.241. The van der Waals surface area contributed by atoms with Crippen molar-refractivity contribution < 1.29 is 4.79 Å². The van der Waals surface area contributed by atoms with Gasteiger partial charge in [-0.05, 0) is 51.0 Å². The van der Waals surface area contributed by atoms with Gasteiger partial charge in [0.05, 0.1) is 0 Å². The van der Waals surface area contributed by atoms with Crippen LogP contribution in [0.2, 0.25) is 0 Å². The van der Waals surface area contributed by atoms with Crippen molar-refractivity contribution in [2.24, 2.45) is 11.7 Å². The van der Waals surface area contributed by atoms with E-state index >= 15 is 0 Å². The molecule has 0 aromatic heterocycles. The Morgan fingerprint density at radius 3 is 2.43 bits per heavy atom. The maximum absolute atomic E-state index is 12.5. The Balaban J connectivity index is 1.87. The monoisotopic (exact) mass is 295 g/mol. The predicted molar refractivity (Wildman–Crippen MR) is 87.1 cm³/mol. The van der Waals surface area contributed by atoms with E-state index in [2.05, 4.69) is 23.6 Å². The van der Waals surface area contributed by atoms with Crippen molar-refractivity contribution in [3.05, 3.63) is 0 Å². The Morgan fingerprint density at radius 1 is 1.24 bits per heavy atom. The highest BCUT2D eigenvalue weighted by Crippen LogP contribution is 2.30. The second-order valence-corrected chi connectivity index (χ2v) is 7.19. The Bertz CT molecular complexity index is 322. The molecule has 0 radical (unpaired) electrons. The topological polar surface area (TPSA) is 49.6 Å². The zero-order valence-electron chi connectivity index (χ0n) is 13.9. The standard InChI is InChI=1S/C17H33N3O/c1-14(2)8-11-20(15-6-7-15)16(13-18)12-17(21)19-9-4-3-5-10-19/h14-16H,3-13,18H2,1-2H3. The lowest BCUT2D eigenvalue weighted by Crippen LogP contribution is -2.47. The molecule has 1 unspecified atom stereocenters. The summed E-state index contributed by atoms with van der Waals surface area (Å²) in [4.78, 5) is 17.1. The number of nitrogens with zero attached hydrogens (tertiary/aromatic N) is 2. The molecular weight excluding hydrogens is 262 g/mol. The van der Waals surface area contributed by atoms with Crippen LogP contribution in [0, 0.1) is 5.92 Å². The molecule has 2 N–H and O–H groups in total. The van der Waals surface area contributed by atoms with Gasteiger partial charge in [-0.15, -0.1) is 0 Å². The summed E-state index contributed by atoms with van der Waals surface area (Å²) >= 11 is 0. The summed E-state index contributed by atoms with van der Waals surface area (Å²) in [6.07, 6.45) is 7.99. The third-order valence-electron chi connectivity index (χ3n) is 4.84. The van der Waals surface area contributed by atoms with Crippen LogP contribution in [0.25, 0.3) is 0 Å². The number of hydrogen-bond acceptors (Lipinski definition) is 3. The molecule has 0 bridgehead atoms. The van der Waals surface area contributed by atoms with Gasteiger partial charge in [0.15, 0.2) is 0 Å². The van der Waals surface area contributed by atoms with E-state index in [9.17, 15) is 4.79 Å². The summed E-state index contributed by atoms with van der Waals surface area (Å²) in [7, 11) is 0. The molecule has 1 aliphatic heterocycles. The number of nitrogens with two attached hydrogens (primary N) is 1. The molecule has 0 aromatic carbocycles. The summed E-state index contributed by atoms with van der Waals surface area (Å²) in [5.41, 5.74) is 6.01. The second-order valence-electron chi connectivity index (χ2n) is 7.19. The van der Waals surface area contributed by atoms with Crippen LogP contribution in [0.15, 0.2) is 0 Å². The van der Waals surface area contributed by atoms with Crippen molar-refractivity contribution in [3.8, 4) is 0 Å². The fourth-order valence-electron chi connectivity index (χ4n) is 3.29. The number of hydrogen-bond donors (Lipinski definition) is 1. The SMILES string of the molecule is CC(C)CCN(C1CC1)C(CN)CC(=O)N1CCCCC1. The van der Waals surface area contributed by atoms with Crippen molar-refractivity contribution in [3.63, 3.8) is 0 Å². The molecule has 1 heterocycles. The molecule has 1 aliphatic carbocycles. The third kappa shape index (κ3) is 5.26. The lowest BCUT2D eigenvalue weighted by Gasteiger charge is -2.34. The van der Waals surface area contributed by atoms with Gasteiger partial charge in [-0.1, -0.05) is 13.8 Å². The van der Waals surface area contributed by atoms with Crippen LogP contribution in [-0.4, -0.2) is 54.0 Å². The molecule has 4 nitrogen and oxygen atoms in total. The lowest BCUT2D eigenvalue weighted by molar-refractivity contribution is -0.133. The van der Waals surface area contributed by atoms with E-state index in [4.69, 9.17) is 5.73 Å². The van der Waals surface area contributed by atoms with E-state index in [1.165, 1.54) is 38.5 Å². The molecule has 2 aliphatic rings. The average Bonchev–Trinajstić information content (AvgIpc) is 3.31. The molecular formula is C17H33N3O. The Kier molecular flexibility index (Phi) is 6.49. The van der Waals surface area contributed by atoms with Crippen molar-refractivity contribution in [1.82, 2.24) is 9.80 Å². The highest BCUT2D eigenvalue weighted by atomic mass is 16.2. The van der Waals surface area contributed by atoms with Crippen LogP contribution < -0.4 is 5.73 Å². The van der Waals surface area contributed by atoms with Crippen LogP contribution >= 0.6 is 0 Å². The highest BCUT2D eigenvalue weighted by Gasteiger charge is 2.34. The van der Waals surface area contributed by atoms with Gasteiger partial charge in [-0.2, -0.15) is 0 Å². The first-order valence-corrected chi connectivity index (χ1v) is 8.85. The molecule has 122 valence electrons. The van der Waals surface area contributed by atoms with E-state index in [0.717, 1.165) is 19.6 Å². The number of amides is 1. The van der Waals surface area contributed by atoms with E-state index in [-0.39, 0.29) is 6.04 Å². The Morgan fingerprint density at radius 2 is 1.90 bits per heavy atom. The maximum Gasteiger partial charge on any atom is 0.224 e. The normalized spacial score (nSPS) is 21.1. The second kappa shape index (κ2) is 8.14. The lowest BCUT2D eigenvalue weighted by atomic mass is 10.1. The summed E-state index contributed by atoms with van der Waals surface area (Å²) in [5, 5.41) is 0. The van der Waals surface area contributed by atoms with E-state index < -0.39 is 0 Å². The Hall–Kier alpha value is -0.610. The van der Waals surface area contributed by atoms with E-state index in [1.54, 1.807) is 0 Å². The van der Waals surface area contributed by atoms with Crippen molar-refractivity contribution >= 4 is 5.91 Å². The fraction of sp³-hybridized carbons (Fsp3) is 0.941. The third-order valence-corrected chi connectivity index (χ3v) is 4.84. The van der Waals surface area contributed by atoms with Gasteiger partial charge >= 0.3 is 0 Å². The van der Waals surface area contributed by atoms with Crippen molar-refractivity contribution in [1.29, 1.82) is 0 Å². The zero-order chi connectivity index (χ0) is 15.2. The number of likely N-dealkylation sites (tertiary alicyclic amines) is 1. The van der Waals surface area contributed by atoms with Crippen LogP contribution in [0.4, 0.5) is 0 Å². The van der Waals surface area contributed by atoms with Gasteiger partial charge in [-0.25, -0.2) is 0 Å². The minimum Gasteiger partial charge on any atom is -0.343 e. The predicted octanol–water partition coefficient (Wildman–Crippen LogP) is 2.23. The van der Waals surface area contributed by atoms with E-state index in [0.29, 0.717) is 30.8 Å². The smallest absolute Gasteiger partial charge is 0.224 e. The molecule has 2 rings (SSSR count). The van der Waals surface area contributed by atoms with Crippen molar-refractivity contribution in [2.45, 2.75) is 70.9 Å². The van der Waals surface area contributed by atoms with Crippen LogP contribution in [0.1, 0.15) is 58.8 Å². The maximum atomic E-state index is 12.5. The number of rotatable bonds is 8. The fourth-order valence-corrected chi connectivity index (χ4v) is 3.29. The molecule has 0 aromatic rings. The minimum atomic E-state index is 0.241. The molecule has 21 heavy (non-hydrogen) atoms. The summed E-state index contributed by atoms with van der Waals surface area (Å²) in [5.74, 6) is 1.03. The highest BCUT2D eigenvalue weighted by molar-refractivity contribution is 5.77. The molecule has 1 saturated heterocycles. The first-order valence-electron chi connectivity index (χ1n) is 8.85. The molecule has 4 heteroatoms. The number of carbonyl (C=O) groups excluding carboxylic acids is 1. The first-order chi connectivity index (χ1) is 10.1. The summed E-state index contributed by atoms with van der Waals surface area (Å²) in [6, 6.07) is 0.928. The van der Waals surface area contributed by atoms with Gasteiger partial charge in [-0.3, -0.25) is 9.69 Å². The molecule has 1 amide bonds. The van der Waals surface area contributed by atoms with E-state index in [1.807, 2.05) is 0 Å².